The van der Waals surface area contributed by atoms with E-state index >= 15 is 0 Å². The minimum atomic E-state index is -0.793. The van der Waals surface area contributed by atoms with Gasteiger partial charge in [-0.15, -0.1) is 0 Å². The van der Waals surface area contributed by atoms with E-state index in [0.717, 1.165) is 19.1 Å². The number of rotatable bonds is 3. The van der Waals surface area contributed by atoms with Gasteiger partial charge in [0.15, 0.2) is 5.69 Å². The van der Waals surface area contributed by atoms with E-state index in [1.807, 2.05) is 0 Å². The molecule has 0 aliphatic heterocycles. The average Bonchev–Trinajstić information content (AvgIpc) is 2.16. The lowest BCUT2D eigenvalue weighted by Crippen LogP contribution is -2.10. The lowest BCUT2D eigenvalue weighted by molar-refractivity contribution is -0.392. The maximum atomic E-state index is 10.8. The van der Waals surface area contributed by atoms with Crippen LogP contribution in [0.3, 0.4) is 0 Å². The van der Waals surface area contributed by atoms with Gasteiger partial charge in [-0.1, -0.05) is 0 Å². The SMILES string of the molecule is CC(=O)Nc1c([N+](=O)[O-])cccc1[N+](=O)[O-]. The van der Waals surface area contributed by atoms with E-state index in [4.69, 9.17) is 0 Å². The number of nitrogens with one attached hydrogen (secondary N) is 1. The number of amides is 1. The number of benzene rings is 1. The van der Waals surface area contributed by atoms with Crippen molar-refractivity contribution in [2.24, 2.45) is 0 Å². The van der Waals surface area contributed by atoms with Crippen molar-refractivity contribution in [2.75, 3.05) is 5.32 Å². The number of hydrogen-bond donors (Lipinski definition) is 1. The van der Waals surface area contributed by atoms with Crippen molar-refractivity contribution in [1.82, 2.24) is 0 Å². The first-order chi connectivity index (χ1) is 7.43. The van der Waals surface area contributed by atoms with Crippen LogP contribution in [0, 0.1) is 20.2 Å². The van der Waals surface area contributed by atoms with Crippen LogP contribution in [0.4, 0.5) is 17.1 Å². The average molecular weight is 225 g/mol. The molecule has 0 saturated heterocycles. The number of hydrogen-bond acceptors (Lipinski definition) is 5. The van der Waals surface area contributed by atoms with Gasteiger partial charge in [0.2, 0.25) is 5.91 Å². The van der Waals surface area contributed by atoms with Crippen molar-refractivity contribution in [3.8, 4) is 0 Å². The second-order valence-corrected chi connectivity index (χ2v) is 2.87. The van der Waals surface area contributed by atoms with Crippen LogP contribution in [-0.2, 0) is 4.79 Å². The summed E-state index contributed by atoms with van der Waals surface area (Å²) >= 11 is 0. The molecule has 0 unspecified atom stereocenters. The van der Waals surface area contributed by atoms with Gasteiger partial charge in [0.1, 0.15) is 0 Å². The van der Waals surface area contributed by atoms with Gasteiger partial charge >= 0.3 is 0 Å². The second-order valence-electron chi connectivity index (χ2n) is 2.87. The molecule has 8 nitrogen and oxygen atoms in total. The quantitative estimate of drug-likeness (QED) is 0.617. The Balaban J connectivity index is 3.40. The zero-order valence-electron chi connectivity index (χ0n) is 8.17. The van der Waals surface area contributed by atoms with E-state index in [1.165, 1.54) is 6.07 Å². The van der Waals surface area contributed by atoms with E-state index in [0.29, 0.717) is 0 Å². The zero-order chi connectivity index (χ0) is 12.3. The van der Waals surface area contributed by atoms with E-state index < -0.39 is 32.8 Å². The zero-order valence-corrected chi connectivity index (χ0v) is 8.17. The van der Waals surface area contributed by atoms with Gasteiger partial charge in [0.25, 0.3) is 11.4 Å². The maximum Gasteiger partial charge on any atom is 0.299 e. The first kappa shape index (κ1) is 11.6. The summed E-state index contributed by atoms with van der Waals surface area (Å²) in [5.74, 6) is -0.614. The van der Waals surface area contributed by atoms with Crippen molar-refractivity contribution in [3.63, 3.8) is 0 Å². The van der Waals surface area contributed by atoms with Gasteiger partial charge in [0, 0.05) is 19.1 Å². The van der Waals surface area contributed by atoms with Crippen LogP contribution >= 0.6 is 0 Å². The number of anilines is 1. The van der Waals surface area contributed by atoms with Crippen LogP contribution in [0.5, 0.6) is 0 Å². The molecule has 0 radical (unpaired) electrons. The van der Waals surface area contributed by atoms with Gasteiger partial charge in [-0.3, -0.25) is 25.0 Å². The fourth-order valence-corrected chi connectivity index (χ4v) is 1.14. The monoisotopic (exact) mass is 225 g/mol. The Hall–Kier alpha value is -2.51. The molecule has 0 aliphatic carbocycles. The number of para-hydroxylation sites is 1. The fraction of sp³-hybridized carbons (Fsp3) is 0.125. The van der Waals surface area contributed by atoms with Crippen molar-refractivity contribution in [2.45, 2.75) is 6.92 Å². The van der Waals surface area contributed by atoms with Crippen LogP contribution in [0.25, 0.3) is 0 Å². The van der Waals surface area contributed by atoms with Gasteiger partial charge in [-0.25, -0.2) is 0 Å². The molecule has 0 saturated carbocycles. The third-order valence-electron chi connectivity index (χ3n) is 1.71. The molecular formula is C8H7N3O5. The molecule has 8 heteroatoms. The summed E-state index contributed by atoms with van der Waals surface area (Å²) in [6.45, 7) is 1.11. The van der Waals surface area contributed by atoms with Crippen LogP contribution in [-0.4, -0.2) is 15.8 Å². The molecule has 0 atom stereocenters. The number of carbonyl (C=O) groups excluding carboxylic acids is 1. The highest BCUT2D eigenvalue weighted by molar-refractivity contribution is 5.94. The Bertz CT molecular complexity index is 438. The molecule has 84 valence electrons. The summed E-state index contributed by atoms with van der Waals surface area (Å²) in [4.78, 5) is 30.4. The van der Waals surface area contributed by atoms with Crippen LogP contribution in [0.1, 0.15) is 6.92 Å². The predicted molar refractivity (Wildman–Crippen MR) is 54.1 cm³/mol. The standard InChI is InChI=1S/C8H7N3O5/c1-5(12)9-8-6(10(13)14)3-2-4-7(8)11(15)16/h2-4H,1H3,(H,9,12). The lowest BCUT2D eigenvalue weighted by atomic mass is 10.2. The number of nitro groups is 2. The van der Waals surface area contributed by atoms with Gasteiger partial charge in [-0.05, 0) is 6.07 Å². The highest BCUT2D eigenvalue weighted by Crippen LogP contribution is 2.33. The smallest absolute Gasteiger partial charge is 0.299 e. The highest BCUT2D eigenvalue weighted by Gasteiger charge is 2.25. The normalized spacial score (nSPS) is 9.56. The minimum Gasteiger partial charge on any atom is -0.315 e. The highest BCUT2D eigenvalue weighted by atomic mass is 16.6. The molecule has 0 fully saturated rings. The van der Waals surface area contributed by atoms with E-state index in [1.54, 1.807) is 0 Å². The molecular weight excluding hydrogens is 218 g/mol. The second kappa shape index (κ2) is 4.34. The van der Waals surface area contributed by atoms with Crippen LogP contribution in [0.15, 0.2) is 18.2 Å². The molecule has 1 N–H and O–H groups in total. The predicted octanol–water partition coefficient (Wildman–Crippen LogP) is 1.46. The van der Waals surface area contributed by atoms with Gasteiger partial charge in [-0.2, -0.15) is 0 Å². The Morgan fingerprint density at radius 2 is 1.62 bits per heavy atom. The maximum absolute atomic E-state index is 10.8. The van der Waals surface area contributed by atoms with Crippen LogP contribution < -0.4 is 5.32 Å². The van der Waals surface area contributed by atoms with Gasteiger partial charge < -0.3 is 5.32 Å². The molecule has 0 spiro atoms. The Morgan fingerprint density at radius 1 is 1.19 bits per heavy atom. The molecule has 0 bridgehead atoms. The van der Waals surface area contributed by atoms with E-state index in [-0.39, 0.29) is 0 Å². The van der Waals surface area contributed by atoms with Crippen molar-refractivity contribution in [3.05, 3.63) is 38.4 Å². The molecule has 16 heavy (non-hydrogen) atoms. The summed E-state index contributed by atoms with van der Waals surface area (Å²) in [7, 11) is 0. The minimum absolute atomic E-state index is 0.398. The summed E-state index contributed by atoms with van der Waals surface area (Å²) < 4.78 is 0. The third kappa shape index (κ3) is 2.29. The van der Waals surface area contributed by atoms with Crippen LogP contribution in [0.2, 0.25) is 0 Å². The van der Waals surface area contributed by atoms with Crippen molar-refractivity contribution in [1.29, 1.82) is 0 Å². The van der Waals surface area contributed by atoms with E-state index in [2.05, 4.69) is 5.32 Å². The van der Waals surface area contributed by atoms with Crippen molar-refractivity contribution < 1.29 is 14.6 Å². The Labute approximate surface area is 89.2 Å². The summed E-state index contributed by atoms with van der Waals surface area (Å²) in [5.41, 5.74) is -1.42. The first-order valence-electron chi connectivity index (χ1n) is 4.13. The molecule has 0 heterocycles. The molecule has 1 aromatic rings. The summed E-state index contributed by atoms with van der Waals surface area (Å²) in [5, 5.41) is 23.3. The summed E-state index contributed by atoms with van der Waals surface area (Å²) in [6, 6.07) is 3.35. The molecule has 1 amide bonds. The molecule has 1 rings (SSSR count). The number of nitro benzene ring substituents is 2. The fourth-order valence-electron chi connectivity index (χ4n) is 1.14. The van der Waals surface area contributed by atoms with E-state index in [9.17, 15) is 25.0 Å². The largest absolute Gasteiger partial charge is 0.315 e. The Morgan fingerprint density at radius 3 is 1.94 bits per heavy atom. The number of nitrogens with zero attached hydrogens (tertiary/aromatic N) is 2. The first-order valence-corrected chi connectivity index (χ1v) is 4.13. The topological polar surface area (TPSA) is 115 Å². The summed E-state index contributed by atoms with van der Waals surface area (Å²) in [6.07, 6.45) is 0. The van der Waals surface area contributed by atoms with Crippen molar-refractivity contribution >= 4 is 23.0 Å². The lowest BCUT2D eigenvalue weighted by Gasteiger charge is -2.03. The van der Waals surface area contributed by atoms with Gasteiger partial charge in [0.05, 0.1) is 9.85 Å². The molecule has 0 aromatic heterocycles. The molecule has 1 aromatic carbocycles. The number of carbonyl (C=O) groups is 1. The third-order valence-corrected chi connectivity index (χ3v) is 1.71. The Kier molecular flexibility index (Phi) is 3.14. The molecule has 0 aliphatic rings.